The Morgan fingerprint density at radius 2 is 2.14 bits per heavy atom. The number of rotatable bonds is 6. The van der Waals surface area contributed by atoms with Crippen molar-refractivity contribution in [1.29, 1.82) is 0 Å². The predicted molar refractivity (Wildman–Crippen MR) is 85.0 cm³/mol. The van der Waals surface area contributed by atoms with Crippen molar-refractivity contribution in [1.82, 2.24) is 4.31 Å². The third-order valence-electron chi connectivity index (χ3n) is 3.26. The average Bonchev–Trinajstić information content (AvgIpc) is 2.96. The third-order valence-corrected chi connectivity index (χ3v) is 7.10. The number of hydrogen-bond acceptors (Lipinski definition) is 6. The van der Waals surface area contributed by atoms with Crippen LogP contribution in [0.5, 0.6) is 0 Å². The molecule has 3 N–H and O–H groups in total. The molecule has 0 aromatic carbocycles. The fraction of sp³-hybridized carbons (Fsp3) is 0.583. The minimum Gasteiger partial charge on any atom is -0.394 e. The van der Waals surface area contributed by atoms with Gasteiger partial charge in [0.25, 0.3) is 10.0 Å². The van der Waals surface area contributed by atoms with Gasteiger partial charge in [-0.2, -0.15) is 4.31 Å². The summed E-state index contributed by atoms with van der Waals surface area (Å²) >= 11 is 5.95. The van der Waals surface area contributed by atoms with Crippen LogP contribution in [0.25, 0.3) is 0 Å². The maximum absolute atomic E-state index is 12.5. The van der Waals surface area contributed by atoms with E-state index in [4.69, 9.17) is 27.8 Å². The van der Waals surface area contributed by atoms with Gasteiger partial charge in [-0.05, 0) is 25.0 Å². The van der Waals surface area contributed by atoms with Crippen molar-refractivity contribution < 1.29 is 18.3 Å². The Hall–Kier alpha value is -0.580. The van der Waals surface area contributed by atoms with E-state index < -0.39 is 10.0 Å². The maximum Gasteiger partial charge on any atom is 0.252 e. The number of aliphatic hydroxyl groups is 1. The molecule has 0 amide bonds. The summed E-state index contributed by atoms with van der Waals surface area (Å²) < 4.78 is 32.2. The Balaban J connectivity index is 2.02. The molecule has 2 rings (SSSR count). The van der Waals surface area contributed by atoms with Gasteiger partial charge in [0.05, 0.1) is 24.2 Å². The SMILES string of the molecule is NC(=S)c1ccc(S(=O)(=O)N2CCC(OCCO)CC2)s1. The fourth-order valence-corrected chi connectivity index (χ4v) is 5.15. The number of nitrogens with zero attached hydrogens (tertiary/aromatic N) is 1. The summed E-state index contributed by atoms with van der Waals surface area (Å²) in [5, 5.41) is 8.72. The van der Waals surface area contributed by atoms with Gasteiger partial charge < -0.3 is 15.6 Å². The molecule has 0 radical (unpaired) electrons. The molecule has 1 aromatic rings. The summed E-state index contributed by atoms with van der Waals surface area (Å²) in [6.07, 6.45) is 1.28. The molecule has 1 aliphatic rings. The van der Waals surface area contributed by atoms with Gasteiger partial charge in [-0.3, -0.25) is 0 Å². The summed E-state index contributed by atoms with van der Waals surface area (Å²) in [6.45, 7) is 1.10. The van der Waals surface area contributed by atoms with Gasteiger partial charge in [0.15, 0.2) is 0 Å². The summed E-state index contributed by atoms with van der Waals surface area (Å²) in [7, 11) is -3.49. The van der Waals surface area contributed by atoms with Crippen LogP contribution in [0.3, 0.4) is 0 Å². The van der Waals surface area contributed by atoms with Crippen LogP contribution in [0, 0.1) is 0 Å². The first kappa shape index (κ1) is 16.8. The van der Waals surface area contributed by atoms with E-state index in [2.05, 4.69) is 0 Å². The van der Waals surface area contributed by atoms with Gasteiger partial charge in [0.1, 0.15) is 9.20 Å². The Morgan fingerprint density at radius 3 is 2.67 bits per heavy atom. The minimum absolute atomic E-state index is 0.0131. The number of nitrogens with two attached hydrogens (primary N) is 1. The first-order valence-corrected chi connectivity index (χ1v) is 9.24. The number of thiophene rings is 1. The lowest BCUT2D eigenvalue weighted by molar-refractivity contribution is 0.00320. The smallest absolute Gasteiger partial charge is 0.252 e. The van der Waals surface area contributed by atoms with E-state index in [0.29, 0.717) is 37.4 Å². The van der Waals surface area contributed by atoms with Crippen molar-refractivity contribution >= 4 is 38.6 Å². The second kappa shape index (κ2) is 7.12. The number of aliphatic hydroxyl groups excluding tert-OH is 1. The Labute approximate surface area is 133 Å². The second-order valence-electron chi connectivity index (χ2n) is 4.68. The highest BCUT2D eigenvalue weighted by molar-refractivity contribution is 7.91. The van der Waals surface area contributed by atoms with Crippen molar-refractivity contribution in [2.45, 2.75) is 23.2 Å². The van der Waals surface area contributed by atoms with Crippen molar-refractivity contribution in [3.8, 4) is 0 Å². The lowest BCUT2D eigenvalue weighted by Gasteiger charge is -2.30. The predicted octanol–water partition coefficient (Wildman–Crippen LogP) is 0.544. The first-order valence-electron chi connectivity index (χ1n) is 6.57. The van der Waals surface area contributed by atoms with Crippen molar-refractivity contribution in [3.63, 3.8) is 0 Å². The zero-order chi connectivity index (χ0) is 15.5. The zero-order valence-electron chi connectivity index (χ0n) is 11.4. The number of ether oxygens (including phenoxy) is 1. The van der Waals surface area contributed by atoms with E-state index in [1.807, 2.05) is 0 Å². The van der Waals surface area contributed by atoms with E-state index in [9.17, 15) is 8.42 Å². The summed E-state index contributed by atoms with van der Waals surface area (Å²) in [4.78, 5) is 0.808. The quantitative estimate of drug-likeness (QED) is 0.728. The largest absolute Gasteiger partial charge is 0.394 e. The van der Waals surface area contributed by atoms with E-state index in [0.717, 1.165) is 11.3 Å². The fourth-order valence-electron chi connectivity index (χ4n) is 2.18. The lowest BCUT2D eigenvalue weighted by atomic mass is 10.1. The van der Waals surface area contributed by atoms with E-state index in [-0.39, 0.29) is 21.9 Å². The molecule has 1 fully saturated rings. The van der Waals surface area contributed by atoms with Gasteiger partial charge >= 0.3 is 0 Å². The van der Waals surface area contributed by atoms with Crippen molar-refractivity contribution in [2.75, 3.05) is 26.3 Å². The van der Waals surface area contributed by atoms with Crippen molar-refractivity contribution in [2.24, 2.45) is 5.73 Å². The highest BCUT2D eigenvalue weighted by Gasteiger charge is 2.30. The van der Waals surface area contributed by atoms with Crippen LogP contribution in [0.15, 0.2) is 16.3 Å². The molecule has 0 atom stereocenters. The number of thiocarbonyl (C=S) groups is 1. The van der Waals surface area contributed by atoms with Crippen LogP contribution in [0.2, 0.25) is 0 Å². The van der Waals surface area contributed by atoms with Gasteiger partial charge in [-0.1, -0.05) is 12.2 Å². The van der Waals surface area contributed by atoms with E-state index in [1.54, 1.807) is 12.1 Å². The topological polar surface area (TPSA) is 92.9 Å². The van der Waals surface area contributed by atoms with Crippen LogP contribution < -0.4 is 5.73 Å². The van der Waals surface area contributed by atoms with Crippen LogP contribution in [-0.2, 0) is 14.8 Å². The molecule has 1 aliphatic heterocycles. The first-order chi connectivity index (χ1) is 9.95. The maximum atomic E-state index is 12.5. The summed E-state index contributed by atoms with van der Waals surface area (Å²) in [5.41, 5.74) is 5.51. The molecule has 21 heavy (non-hydrogen) atoms. The van der Waals surface area contributed by atoms with Gasteiger partial charge in [-0.25, -0.2) is 8.42 Å². The lowest BCUT2D eigenvalue weighted by Crippen LogP contribution is -2.40. The molecular formula is C12H18N2O4S3. The third kappa shape index (κ3) is 3.99. The standard InChI is InChI=1S/C12H18N2O4S3/c13-12(19)10-1-2-11(20-10)21(16,17)14-5-3-9(4-6-14)18-8-7-15/h1-2,9,15H,3-8H2,(H2,13,19). The van der Waals surface area contributed by atoms with Crippen LogP contribution in [-0.4, -0.2) is 55.2 Å². The Bertz CT molecular complexity index is 591. The minimum atomic E-state index is -3.49. The van der Waals surface area contributed by atoms with E-state index >= 15 is 0 Å². The van der Waals surface area contributed by atoms with Gasteiger partial charge in [0, 0.05) is 13.1 Å². The van der Waals surface area contributed by atoms with Gasteiger partial charge in [-0.15, -0.1) is 11.3 Å². The Kier molecular flexibility index (Phi) is 5.69. The van der Waals surface area contributed by atoms with Crippen molar-refractivity contribution in [3.05, 3.63) is 17.0 Å². The normalized spacial score (nSPS) is 18.0. The molecular weight excluding hydrogens is 332 g/mol. The molecule has 9 heteroatoms. The molecule has 6 nitrogen and oxygen atoms in total. The van der Waals surface area contributed by atoms with Crippen LogP contribution >= 0.6 is 23.6 Å². The average molecular weight is 350 g/mol. The monoisotopic (exact) mass is 350 g/mol. The highest BCUT2D eigenvalue weighted by atomic mass is 32.2. The summed E-state index contributed by atoms with van der Waals surface area (Å²) in [5.74, 6) is 0. The second-order valence-corrected chi connectivity index (χ2v) is 8.37. The molecule has 0 spiro atoms. The molecule has 0 saturated carbocycles. The number of sulfonamides is 1. The van der Waals surface area contributed by atoms with E-state index in [1.165, 1.54) is 4.31 Å². The van der Waals surface area contributed by atoms with Crippen LogP contribution in [0.1, 0.15) is 17.7 Å². The molecule has 1 aromatic heterocycles. The molecule has 2 heterocycles. The van der Waals surface area contributed by atoms with Gasteiger partial charge in [0.2, 0.25) is 0 Å². The number of piperidine rings is 1. The Morgan fingerprint density at radius 1 is 1.48 bits per heavy atom. The molecule has 0 aliphatic carbocycles. The molecule has 1 saturated heterocycles. The molecule has 0 bridgehead atoms. The zero-order valence-corrected chi connectivity index (χ0v) is 13.8. The highest BCUT2D eigenvalue weighted by Crippen LogP contribution is 2.27. The molecule has 0 unspecified atom stereocenters. The summed E-state index contributed by atoms with van der Waals surface area (Å²) in [6, 6.07) is 3.18. The van der Waals surface area contributed by atoms with Crippen LogP contribution in [0.4, 0.5) is 0 Å². The number of hydrogen-bond donors (Lipinski definition) is 2. The molecule has 118 valence electrons.